The lowest BCUT2D eigenvalue weighted by Crippen LogP contribution is -2.32. The first kappa shape index (κ1) is 34.4. The Bertz CT molecular complexity index is 3150. The molecule has 12 rings (SSSR count). The lowest BCUT2D eigenvalue weighted by molar-refractivity contribution is 0.590. The number of para-hydroxylation sites is 1. The lowest BCUT2D eigenvalue weighted by Gasteiger charge is -2.40. The summed E-state index contributed by atoms with van der Waals surface area (Å²) in [6, 6.07) is 57.1. The molecule has 0 bridgehead atoms. The molecule has 3 aliphatic rings. The van der Waals surface area contributed by atoms with Crippen LogP contribution in [0.4, 0.5) is 17.1 Å². The van der Waals surface area contributed by atoms with Crippen LogP contribution in [0.1, 0.15) is 86.1 Å². The Morgan fingerprint density at radius 2 is 0.966 bits per heavy atom. The van der Waals surface area contributed by atoms with Crippen molar-refractivity contribution in [2.24, 2.45) is 0 Å². The van der Waals surface area contributed by atoms with Crippen LogP contribution in [0.15, 0.2) is 156 Å². The summed E-state index contributed by atoms with van der Waals surface area (Å²) in [6.45, 7) is 13.6. The van der Waals surface area contributed by atoms with Gasteiger partial charge in [0.25, 0.3) is 0 Å². The molecule has 1 aromatic heterocycles. The van der Waals surface area contributed by atoms with Crippen molar-refractivity contribution in [1.82, 2.24) is 0 Å². The Kier molecular flexibility index (Phi) is 6.84. The van der Waals surface area contributed by atoms with E-state index < -0.39 is 5.41 Å². The van der Waals surface area contributed by atoms with Crippen LogP contribution in [0, 0.1) is 0 Å². The molecule has 1 spiro atoms. The maximum absolute atomic E-state index is 7.51. The summed E-state index contributed by atoms with van der Waals surface area (Å²) >= 11 is 0. The third-order valence-electron chi connectivity index (χ3n) is 13.6. The average Bonchev–Trinajstić information content (AvgIpc) is 3.93. The maximum atomic E-state index is 7.51. The van der Waals surface area contributed by atoms with Crippen molar-refractivity contribution in [3.63, 3.8) is 0 Å². The van der Waals surface area contributed by atoms with Gasteiger partial charge in [0.15, 0.2) is 5.58 Å². The summed E-state index contributed by atoms with van der Waals surface area (Å²) < 4.78 is 7.51. The molecule has 0 fully saturated rings. The standard InChI is InChI=1S/C57H45NO/c1-55(2,3)36-22-26-38(27-23-36)58(39-28-24-37(25-29-39)56(4,5)6)49-17-11-14-42-43-31-33-48-52(54(43)59-53(42)49)44-30-20-34-18-19-35-21-32-47(51(44)50(34)35)57(48)45-15-9-7-12-40(45)41-13-8-10-16-46(41)57/h7-33H,1-6H3. The first-order valence-electron chi connectivity index (χ1n) is 21.0. The zero-order chi connectivity index (χ0) is 40.0. The third-order valence-corrected chi connectivity index (χ3v) is 13.6. The number of anilines is 3. The van der Waals surface area contributed by atoms with E-state index in [9.17, 15) is 0 Å². The first-order chi connectivity index (χ1) is 28.5. The number of benzene rings is 8. The second-order valence-electron chi connectivity index (χ2n) is 18.9. The number of hydrogen-bond acceptors (Lipinski definition) is 2. The molecule has 2 nitrogen and oxygen atoms in total. The van der Waals surface area contributed by atoms with Crippen LogP contribution in [0.3, 0.4) is 0 Å². The molecule has 8 aromatic carbocycles. The molecule has 0 atom stereocenters. The summed E-state index contributed by atoms with van der Waals surface area (Å²) in [6.07, 6.45) is 4.56. The van der Waals surface area contributed by atoms with Crippen molar-refractivity contribution in [1.29, 1.82) is 0 Å². The van der Waals surface area contributed by atoms with Crippen LogP contribution in [-0.2, 0) is 16.2 Å². The summed E-state index contributed by atoms with van der Waals surface area (Å²) in [5, 5.41) is 4.91. The Morgan fingerprint density at radius 3 is 1.56 bits per heavy atom. The average molecular weight is 760 g/mol. The molecule has 59 heavy (non-hydrogen) atoms. The number of hydrogen-bond donors (Lipinski definition) is 0. The van der Waals surface area contributed by atoms with Crippen molar-refractivity contribution in [3.05, 3.63) is 196 Å². The van der Waals surface area contributed by atoms with Crippen molar-refractivity contribution in [3.8, 4) is 22.3 Å². The van der Waals surface area contributed by atoms with Gasteiger partial charge in [-0.2, -0.15) is 0 Å². The van der Waals surface area contributed by atoms with Crippen molar-refractivity contribution >= 4 is 61.9 Å². The number of nitrogens with zero attached hydrogens (tertiary/aromatic N) is 1. The molecule has 9 aromatic rings. The van der Waals surface area contributed by atoms with E-state index in [4.69, 9.17) is 4.42 Å². The monoisotopic (exact) mass is 759 g/mol. The highest BCUT2D eigenvalue weighted by Gasteiger charge is 2.51. The molecule has 0 saturated heterocycles. The molecule has 3 aliphatic carbocycles. The minimum atomic E-state index is -0.513. The highest BCUT2D eigenvalue weighted by Crippen LogP contribution is 2.64. The predicted octanol–water partition coefficient (Wildman–Crippen LogP) is 15.6. The van der Waals surface area contributed by atoms with Crippen molar-refractivity contribution in [2.75, 3.05) is 4.90 Å². The van der Waals surface area contributed by atoms with E-state index in [2.05, 4.69) is 210 Å². The van der Waals surface area contributed by atoms with E-state index in [1.807, 2.05) is 0 Å². The van der Waals surface area contributed by atoms with Gasteiger partial charge in [0, 0.05) is 27.7 Å². The molecular formula is C57H45NO. The summed E-state index contributed by atoms with van der Waals surface area (Å²) in [4.78, 5) is 2.38. The van der Waals surface area contributed by atoms with Gasteiger partial charge in [-0.15, -0.1) is 0 Å². The highest BCUT2D eigenvalue weighted by atomic mass is 16.3. The molecular weight excluding hydrogens is 715 g/mol. The van der Waals surface area contributed by atoms with E-state index in [1.54, 1.807) is 0 Å². The Labute approximate surface area is 346 Å². The smallest absolute Gasteiger partial charge is 0.159 e. The maximum Gasteiger partial charge on any atom is 0.159 e. The van der Waals surface area contributed by atoms with Gasteiger partial charge in [-0.25, -0.2) is 0 Å². The fraction of sp³-hybridized carbons (Fsp3) is 0.158. The van der Waals surface area contributed by atoms with Gasteiger partial charge in [-0.3, -0.25) is 0 Å². The van der Waals surface area contributed by atoms with Crippen LogP contribution >= 0.6 is 0 Å². The SMILES string of the molecule is CC(C)(C)c1ccc(N(c2ccc(C(C)(C)C)cc2)c2cccc3c2oc2c4c(ccc23)C2(c3ccccc3-c3ccccc32)c2ccc3c5c(ccc-4c25)C=C3)cc1. The summed E-state index contributed by atoms with van der Waals surface area (Å²) in [7, 11) is 0. The summed E-state index contributed by atoms with van der Waals surface area (Å²) in [5.74, 6) is 0. The van der Waals surface area contributed by atoms with E-state index >= 15 is 0 Å². The fourth-order valence-corrected chi connectivity index (χ4v) is 10.7. The molecule has 1 heterocycles. The quantitative estimate of drug-likeness (QED) is 0.178. The topological polar surface area (TPSA) is 16.4 Å². The lowest BCUT2D eigenvalue weighted by atomic mass is 9.61. The van der Waals surface area contributed by atoms with Crippen LogP contribution in [-0.4, -0.2) is 0 Å². The molecule has 284 valence electrons. The zero-order valence-corrected chi connectivity index (χ0v) is 34.4. The highest BCUT2D eigenvalue weighted by molar-refractivity contribution is 6.21. The fourth-order valence-electron chi connectivity index (χ4n) is 10.7. The van der Waals surface area contributed by atoms with Gasteiger partial charge in [-0.05, 0) is 113 Å². The zero-order valence-electron chi connectivity index (χ0n) is 34.4. The molecule has 0 radical (unpaired) electrons. The molecule has 0 amide bonds. The summed E-state index contributed by atoms with van der Waals surface area (Å²) in [5.41, 5.74) is 20.1. The van der Waals surface area contributed by atoms with E-state index in [-0.39, 0.29) is 10.8 Å². The largest absolute Gasteiger partial charge is 0.453 e. The van der Waals surface area contributed by atoms with Gasteiger partial charge in [0.2, 0.25) is 0 Å². The number of fused-ring (bicyclic) bond motifs is 13. The van der Waals surface area contributed by atoms with Gasteiger partial charge in [0.05, 0.1) is 11.1 Å². The van der Waals surface area contributed by atoms with Crippen molar-refractivity contribution in [2.45, 2.75) is 57.8 Å². The predicted molar refractivity (Wildman–Crippen MR) is 249 cm³/mol. The number of furan rings is 1. The van der Waals surface area contributed by atoms with Crippen LogP contribution in [0.25, 0.3) is 67.1 Å². The molecule has 2 heteroatoms. The second-order valence-corrected chi connectivity index (χ2v) is 18.9. The normalized spacial score (nSPS) is 14.3. The van der Waals surface area contributed by atoms with Crippen LogP contribution < -0.4 is 4.90 Å². The van der Waals surface area contributed by atoms with Gasteiger partial charge in [-0.1, -0.05) is 175 Å². The minimum absolute atomic E-state index is 0.0474. The van der Waals surface area contributed by atoms with Gasteiger partial charge < -0.3 is 9.32 Å². The van der Waals surface area contributed by atoms with Gasteiger partial charge >= 0.3 is 0 Å². The second kappa shape index (κ2) is 11.7. The Hall–Kier alpha value is -6.64. The van der Waals surface area contributed by atoms with E-state index in [1.165, 1.54) is 77.5 Å². The molecule has 0 unspecified atom stereocenters. The number of rotatable bonds is 3. The van der Waals surface area contributed by atoms with Crippen LogP contribution in [0.2, 0.25) is 0 Å². The first-order valence-corrected chi connectivity index (χ1v) is 21.0. The van der Waals surface area contributed by atoms with Crippen LogP contribution in [0.5, 0.6) is 0 Å². The van der Waals surface area contributed by atoms with Gasteiger partial charge in [0.1, 0.15) is 5.58 Å². The van der Waals surface area contributed by atoms with Crippen molar-refractivity contribution < 1.29 is 4.42 Å². The molecule has 0 saturated carbocycles. The van der Waals surface area contributed by atoms with E-state index in [0.717, 1.165) is 39.0 Å². The Balaban J connectivity index is 1.17. The van der Waals surface area contributed by atoms with E-state index in [0.29, 0.717) is 0 Å². The molecule has 0 N–H and O–H groups in total. The molecule has 0 aliphatic heterocycles. The minimum Gasteiger partial charge on any atom is -0.453 e. The third kappa shape index (κ3) is 4.58. The Morgan fingerprint density at radius 1 is 0.424 bits per heavy atom.